The van der Waals surface area contributed by atoms with Crippen molar-refractivity contribution >= 4 is 121 Å². The van der Waals surface area contributed by atoms with Crippen LogP contribution in [0.25, 0.3) is 53.4 Å². The number of carbonyl (C=O) groups excluding carboxylic acids is 4. The van der Waals surface area contributed by atoms with Gasteiger partial charge in [-0.25, -0.2) is 46.3 Å². The molecular weight excluding hydrogens is 997 g/mol. The maximum absolute atomic E-state index is 14.6. The van der Waals surface area contributed by atoms with Crippen LogP contribution in [0.5, 0.6) is 0 Å². The monoisotopic (exact) mass is 1020 g/mol. The van der Waals surface area contributed by atoms with E-state index in [9.17, 15) is 57.8 Å². The number of hydrogen-bond acceptors (Lipinski definition) is 14. The van der Waals surface area contributed by atoms with Gasteiger partial charge in [0.15, 0.2) is 23.3 Å². The minimum absolute atomic E-state index is 0.0623. The Balaban J connectivity index is 1.13. The molecule has 2 aliphatic rings. The van der Waals surface area contributed by atoms with Crippen molar-refractivity contribution in [3.05, 3.63) is 177 Å². The van der Waals surface area contributed by atoms with Gasteiger partial charge in [0.1, 0.15) is 70.1 Å². The Kier molecular flexibility index (Phi) is 11.2. The van der Waals surface area contributed by atoms with Crippen molar-refractivity contribution in [1.29, 1.82) is 21.0 Å². The summed E-state index contributed by atoms with van der Waals surface area (Å²) in [4.78, 5) is 65.7. The van der Waals surface area contributed by atoms with Crippen molar-refractivity contribution in [3.8, 4) is 24.3 Å². The summed E-state index contributed by atoms with van der Waals surface area (Å²) in [6.07, 6.45) is -1.74. The second-order valence-corrected chi connectivity index (χ2v) is 18.4. The van der Waals surface area contributed by atoms with E-state index in [1.54, 1.807) is 97.1 Å². The van der Waals surface area contributed by atoms with Crippen LogP contribution in [0.2, 0.25) is 0 Å². The summed E-state index contributed by atoms with van der Waals surface area (Å²) in [5, 5.41) is 40.4. The van der Waals surface area contributed by atoms with E-state index in [4.69, 9.17) is 9.47 Å². The van der Waals surface area contributed by atoms with Crippen molar-refractivity contribution in [2.24, 2.45) is 9.98 Å². The minimum Gasteiger partial charge on any atom is -0.444 e. The highest BCUT2D eigenvalue weighted by molar-refractivity contribution is 7.24. The molecular formula is C54H22F4N8O6S2. The van der Waals surface area contributed by atoms with Crippen LogP contribution >= 0.6 is 22.7 Å². The molecule has 20 heteroatoms. The lowest BCUT2D eigenvalue weighted by molar-refractivity contribution is 0.106. The average molecular weight is 1020 g/mol. The first-order valence-corrected chi connectivity index (χ1v) is 23.3. The van der Waals surface area contributed by atoms with Gasteiger partial charge < -0.3 is 9.47 Å². The van der Waals surface area contributed by atoms with Crippen LogP contribution in [-0.4, -0.2) is 44.3 Å². The molecule has 0 amide bonds. The Morgan fingerprint density at radius 3 is 1.20 bits per heavy atom. The number of ether oxygens (including phenoxy) is 2. The molecule has 0 radical (unpaired) electrons. The molecule has 74 heavy (non-hydrogen) atoms. The van der Waals surface area contributed by atoms with Gasteiger partial charge in [-0.3, -0.25) is 9.59 Å². The highest BCUT2D eigenvalue weighted by Crippen LogP contribution is 2.47. The summed E-state index contributed by atoms with van der Waals surface area (Å²) in [6, 6.07) is 33.3. The number of nitrogens with zero attached hydrogens (tertiary/aromatic N) is 8. The molecule has 0 unspecified atom stereocenters. The number of aliphatic imine (C=N–C) groups is 2. The molecule has 0 saturated heterocycles. The molecule has 354 valence electrons. The summed E-state index contributed by atoms with van der Waals surface area (Å²) in [7, 11) is 0. The maximum atomic E-state index is 14.6. The molecule has 0 aliphatic heterocycles. The summed E-state index contributed by atoms with van der Waals surface area (Å²) < 4.78 is 73.1. The van der Waals surface area contributed by atoms with Crippen molar-refractivity contribution in [3.63, 3.8) is 0 Å². The number of nitriles is 4. The Morgan fingerprint density at radius 2 is 0.851 bits per heavy atom. The van der Waals surface area contributed by atoms with E-state index < -0.39 is 69.6 Å². The number of carbonyl (C=O) groups is 4. The Hall–Kier alpha value is -10.1. The highest BCUT2D eigenvalue weighted by Gasteiger charge is 2.38. The second-order valence-electron chi connectivity index (χ2n) is 16.4. The van der Waals surface area contributed by atoms with Gasteiger partial charge in [0, 0.05) is 44.2 Å². The standard InChI is InChI=1S/C54H22F4N8O6S2/c55-35-11-29-31(13-37(35)57)49(67)47(45(29)27(19-59)20-60)63-43-17-41-51(73-43)33-16-40-34(15-39(33)65(41)53(69)71-23-25-7-3-1-4-8-25)52-42(66(40)54(70)72-24-26-9-5-2-6-10-26)18-44(74-52)64-48-46(28(21-61)22-62)30-12-36(56)38(58)14-32(30)50(48)68/h1-18H,23-24H2/b63-47-,64-48-. The largest absolute Gasteiger partial charge is 0.444 e. The lowest BCUT2D eigenvalue weighted by Gasteiger charge is -2.09. The Labute approximate surface area is 420 Å². The number of thiophene rings is 2. The van der Waals surface area contributed by atoms with E-state index in [1.807, 2.05) is 0 Å². The Bertz CT molecular complexity index is 4070. The molecule has 0 fully saturated rings. The van der Waals surface area contributed by atoms with E-state index in [2.05, 4.69) is 9.98 Å². The van der Waals surface area contributed by atoms with Crippen LogP contribution < -0.4 is 0 Å². The first-order valence-electron chi connectivity index (χ1n) is 21.7. The highest BCUT2D eigenvalue weighted by atomic mass is 32.1. The quantitative estimate of drug-likeness (QED) is 0.113. The minimum atomic E-state index is -1.34. The first-order chi connectivity index (χ1) is 35.8. The fourth-order valence-corrected chi connectivity index (χ4v) is 11.0. The molecule has 0 spiro atoms. The van der Waals surface area contributed by atoms with Gasteiger partial charge in [-0.05, 0) is 59.7 Å². The van der Waals surface area contributed by atoms with Gasteiger partial charge in [0.2, 0.25) is 11.6 Å². The molecule has 5 aromatic carbocycles. The number of halogens is 4. The van der Waals surface area contributed by atoms with Crippen molar-refractivity contribution < 1.29 is 46.2 Å². The number of Topliss-reactive ketones (excluding diaryl/α,β-unsaturated/α-hetero) is 2. The number of fused-ring (bicyclic) bond motifs is 8. The molecule has 14 nitrogen and oxygen atoms in total. The van der Waals surface area contributed by atoms with Gasteiger partial charge >= 0.3 is 12.2 Å². The van der Waals surface area contributed by atoms with Gasteiger partial charge in [0.25, 0.3) is 0 Å². The van der Waals surface area contributed by atoms with Crippen LogP contribution in [0.3, 0.4) is 0 Å². The fraction of sp³-hybridized carbons (Fsp3) is 0.0370. The van der Waals surface area contributed by atoms with Crippen LogP contribution in [0.15, 0.2) is 130 Å². The van der Waals surface area contributed by atoms with Gasteiger partial charge in [-0.1, -0.05) is 60.7 Å². The number of aromatic nitrogens is 2. The molecule has 4 heterocycles. The van der Waals surface area contributed by atoms with Gasteiger partial charge in [-0.15, -0.1) is 22.7 Å². The normalized spacial score (nSPS) is 13.9. The Morgan fingerprint density at radius 1 is 0.500 bits per heavy atom. The predicted molar refractivity (Wildman–Crippen MR) is 264 cm³/mol. The first kappa shape index (κ1) is 46.3. The average Bonchev–Trinajstić information content (AvgIpc) is 4.24. The smallest absolute Gasteiger partial charge is 0.419 e. The summed E-state index contributed by atoms with van der Waals surface area (Å²) in [5.41, 5.74) is -1.55. The fourth-order valence-electron chi connectivity index (χ4n) is 8.93. The third-order valence-electron chi connectivity index (χ3n) is 12.2. The van der Waals surface area contributed by atoms with E-state index >= 15 is 0 Å². The third kappa shape index (κ3) is 7.41. The lowest BCUT2D eigenvalue weighted by Crippen LogP contribution is -2.14. The summed E-state index contributed by atoms with van der Waals surface area (Å²) in [5.74, 6) is -7.11. The molecule has 0 bridgehead atoms. The maximum Gasteiger partial charge on any atom is 0.419 e. The predicted octanol–water partition coefficient (Wildman–Crippen LogP) is 12.5. The topological polar surface area (TPSA) is 216 Å². The number of rotatable bonds is 6. The van der Waals surface area contributed by atoms with Crippen molar-refractivity contribution in [1.82, 2.24) is 9.13 Å². The number of hydrogen-bond donors (Lipinski definition) is 0. The van der Waals surface area contributed by atoms with E-state index in [-0.39, 0.29) is 78.7 Å². The molecule has 11 rings (SSSR count). The van der Waals surface area contributed by atoms with Crippen LogP contribution in [0.1, 0.15) is 43.0 Å². The SMILES string of the molecule is N#CC(C#N)=C1/C(=N/c2cc3c(s2)c2cc4c(cc2n3C(=O)OCc2ccccc2)c2sc(/N=C3\C(=O)c5cc(F)c(F)cc5C3=C(C#N)C#N)cc2n4C(=O)OCc2ccccc2)C(=O)c2cc(F)c(F)cc21. The number of allylic oxidation sites excluding steroid dienone is 4. The molecule has 9 aromatic rings. The zero-order chi connectivity index (χ0) is 51.7. The lowest BCUT2D eigenvalue weighted by atomic mass is 10.0. The molecule has 0 saturated carbocycles. The van der Waals surface area contributed by atoms with Crippen molar-refractivity contribution in [2.75, 3.05) is 0 Å². The van der Waals surface area contributed by atoms with Crippen LogP contribution in [-0.2, 0) is 22.7 Å². The molecule has 2 aliphatic carbocycles. The summed E-state index contributed by atoms with van der Waals surface area (Å²) >= 11 is 1.94. The van der Waals surface area contributed by atoms with E-state index in [0.29, 0.717) is 55.6 Å². The van der Waals surface area contributed by atoms with E-state index in [1.165, 1.54) is 21.3 Å². The number of ketones is 2. The molecule has 0 atom stereocenters. The second kappa shape index (κ2) is 17.9. The zero-order valence-corrected chi connectivity index (χ0v) is 38.8. The third-order valence-corrected chi connectivity index (χ3v) is 14.3. The van der Waals surface area contributed by atoms with Crippen molar-refractivity contribution in [2.45, 2.75) is 13.2 Å². The molecule has 4 aromatic heterocycles. The van der Waals surface area contributed by atoms with Gasteiger partial charge in [-0.2, -0.15) is 21.0 Å². The van der Waals surface area contributed by atoms with E-state index in [0.717, 1.165) is 22.7 Å². The number of benzene rings is 5. The molecule has 0 N–H and O–H groups in total. The van der Waals surface area contributed by atoms with Crippen LogP contribution in [0.4, 0.5) is 37.2 Å². The zero-order valence-electron chi connectivity index (χ0n) is 37.2. The van der Waals surface area contributed by atoms with Crippen LogP contribution in [0, 0.1) is 68.6 Å². The van der Waals surface area contributed by atoms with Gasteiger partial charge in [0.05, 0.1) is 31.5 Å². The summed E-state index contributed by atoms with van der Waals surface area (Å²) in [6.45, 7) is -0.330.